The van der Waals surface area contributed by atoms with Crippen molar-refractivity contribution < 1.29 is 9.53 Å². The van der Waals surface area contributed by atoms with Gasteiger partial charge in [0.25, 0.3) is 0 Å². The molecular weight excluding hydrogens is 214 g/mol. The SMILES string of the molecule is COC(=O)c1cccc(C2=C(C#N)CCC2)c1. The maximum Gasteiger partial charge on any atom is 0.337 e. The van der Waals surface area contributed by atoms with Gasteiger partial charge in [0.2, 0.25) is 0 Å². The second-order valence-electron chi connectivity index (χ2n) is 3.99. The number of allylic oxidation sites excluding steroid dienone is 2. The van der Waals surface area contributed by atoms with E-state index < -0.39 is 0 Å². The third kappa shape index (κ3) is 2.21. The van der Waals surface area contributed by atoms with Gasteiger partial charge in [0.05, 0.1) is 18.7 Å². The lowest BCUT2D eigenvalue weighted by atomic mass is 10.0. The Hall–Kier alpha value is -2.08. The summed E-state index contributed by atoms with van der Waals surface area (Å²) in [5.74, 6) is -0.344. The Kier molecular flexibility index (Phi) is 3.24. The molecule has 2 rings (SSSR count). The van der Waals surface area contributed by atoms with Crippen molar-refractivity contribution in [3.8, 4) is 6.07 Å². The molecule has 1 aromatic rings. The molecule has 0 saturated heterocycles. The van der Waals surface area contributed by atoms with Gasteiger partial charge in [-0.2, -0.15) is 5.26 Å². The van der Waals surface area contributed by atoms with Crippen LogP contribution in [0.3, 0.4) is 0 Å². The zero-order chi connectivity index (χ0) is 12.3. The molecule has 0 bridgehead atoms. The minimum atomic E-state index is -0.344. The van der Waals surface area contributed by atoms with Crippen molar-refractivity contribution in [3.63, 3.8) is 0 Å². The highest BCUT2D eigenvalue weighted by molar-refractivity contribution is 5.90. The lowest BCUT2D eigenvalue weighted by Gasteiger charge is -2.05. The molecule has 0 heterocycles. The van der Waals surface area contributed by atoms with Gasteiger partial charge in [-0.1, -0.05) is 12.1 Å². The smallest absolute Gasteiger partial charge is 0.337 e. The lowest BCUT2D eigenvalue weighted by Crippen LogP contribution is -2.01. The van der Waals surface area contributed by atoms with Gasteiger partial charge in [0.1, 0.15) is 0 Å². The van der Waals surface area contributed by atoms with Gasteiger partial charge in [0.15, 0.2) is 0 Å². The number of esters is 1. The predicted octanol–water partition coefficient (Wildman–Crippen LogP) is 2.93. The first-order valence-corrected chi connectivity index (χ1v) is 5.57. The summed E-state index contributed by atoms with van der Waals surface area (Å²) < 4.78 is 4.69. The molecule has 0 aliphatic heterocycles. The molecule has 0 unspecified atom stereocenters. The van der Waals surface area contributed by atoms with Crippen LogP contribution >= 0.6 is 0 Å². The molecule has 86 valence electrons. The molecule has 3 heteroatoms. The van der Waals surface area contributed by atoms with E-state index in [4.69, 9.17) is 5.26 Å². The van der Waals surface area contributed by atoms with Crippen molar-refractivity contribution in [1.82, 2.24) is 0 Å². The molecular formula is C14H13NO2. The number of rotatable bonds is 2. The zero-order valence-electron chi connectivity index (χ0n) is 9.69. The monoisotopic (exact) mass is 227 g/mol. The first-order chi connectivity index (χ1) is 8.26. The van der Waals surface area contributed by atoms with Crippen LogP contribution in [-0.2, 0) is 4.74 Å². The molecule has 3 nitrogen and oxygen atoms in total. The number of benzene rings is 1. The summed E-state index contributed by atoms with van der Waals surface area (Å²) in [6.07, 6.45) is 2.77. The molecule has 1 aromatic carbocycles. The van der Waals surface area contributed by atoms with Crippen LogP contribution in [0.1, 0.15) is 35.2 Å². The third-order valence-corrected chi connectivity index (χ3v) is 2.98. The number of nitriles is 1. The summed E-state index contributed by atoms with van der Waals surface area (Å²) in [7, 11) is 1.37. The van der Waals surface area contributed by atoms with Gasteiger partial charge < -0.3 is 4.74 Å². The molecule has 0 spiro atoms. The first kappa shape index (κ1) is 11.4. The summed E-state index contributed by atoms with van der Waals surface area (Å²) in [6, 6.07) is 9.51. The van der Waals surface area contributed by atoms with Gasteiger partial charge in [-0.05, 0) is 42.5 Å². The number of carbonyl (C=O) groups excluding carboxylic acids is 1. The van der Waals surface area contributed by atoms with E-state index in [0.717, 1.165) is 36.0 Å². The molecule has 0 aromatic heterocycles. The Morgan fingerprint density at radius 2 is 2.24 bits per heavy atom. The zero-order valence-corrected chi connectivity index (χ0v) is 9.69. The Balaban J connectivity index is 2.41. The largest absolute Gasteiger partial charge is 0.465 e. The number of nitrogens with zero attached hydrogens (tertiary/aromatic N) is 1. The van der Waals surface area contributed by atoms with Crippen LogP contribution in [0.4, 0.5) is 0 Å². The molecule has 0 fully saturated rings. The lowest BCUT2D eigenvalue weighted by molar-refractivity contribution is 0.0600. The van der Waals surface area contributed by atoms with Gasteiger partial charge >= 0.3 is 5.97 Å². The molecule has 1 aliphatic carbocycles. The number of hydrogen-bond donors (Lipinski definition) is 0. The van der Waals surface area contributed by atoms with E-state index in [0.29, 0.717) is 5.56 Å². The Bertz CT molecular complexity index is 523. The fourth-order valence-electron chi connectivity index (χ4n) is 2.14. The topological polar surface area (TPSA) is 50.1 Å². The first-order valence-electron chi connectivity index (χ1n) is 5.57. The minimum Gasteiger partial charge on any atom is -0.465 e. The number of carbonyl (C=O) groups is 1. The maximum absolute atomic E-state index is 11.4. The number of hydrogen-bond acceptors (Lipinski definition) is 3. The van der Waals surface area contributed by atoms with Crippen molar-refractivity contribution >= 4 is 11.5 Å². The van der Waals surface area contributed by atoms with E-state index in [1.54, 1.807) is 12.1 Å². The molecule has 1 aliphatic rings. The number of methoxy groups -OCH3 is 1. The summed E-state index contributed by atoms with van der Waals surface area (Å²) in [6.45, 7) is 0. The van der Waals surface area contributed by atoms with Gasteiger partial charge in [-0.25, -0.2) is 4.79 Å². The maximum atomic E-state index is 11.4. The quantitative estimate of drug-likeness (QED) is 0.730. The minimum absolute atomic E-state index is 0.344. The van der Waals surface area contributed by atoms with E-state index in [2.05, 4.69) is 10.8 Å². The molecule has 0 radical (unpaired) electrons. The van der Waals surface area contributed by atoms with Crippen molar-refractivity contribution in [3.05, 3.63) is 41.0 Å². The van der Waals surface area contributed by atoms with Gasteiger partial charge in [-0.15, -0.1) is 0 Å². The van der Waals surface area contributed by atoms with Crippen LogP contribution in [0.5, 0.6) is 0 Å². The fourth-order valence-corrected chi connectivity index (χ4v) is 2.14. The van der Waals surface area contributed by atoms with Crippen LogP contribution < -0.4 is 0 Å². The molecule has 0 atom stereocenters. The summed E-state index contributed by atoms with van der Waals surface area (Å²) in [5, 5.41) is 9.02. The predicted molar refractivity (Wildman–Crippen MR) is 64.2 cm³/mol. The van der Waals surface area contributed by atoms with Gasteiger partial charge in [0, 0.05) is 5.57 Å². The summed E-state index contributed by atoms with van der Waals surface area (Å²) >= 11 is 0. The van der Waals surface area contributed by atoms with Crippen LogP contribution in [-0.4, -0.2) is 13.1 Å². The Labute approximate surface area is 100 Å². The van der Waals surface area contributed by atoms with Crippen molar-refractivity contribution in [2.45, 2.75) is 19.3 Å². The van der Waals surface area contributed by atoms with Gasteiger partial charge in [-0.3, -0.25) is 0 Å². The van der Waals surface area contributed by atoms with E-state index in [1.807, 2.05) is 12.1 Å². The highest BCUT2D eigenvalue weighted by Gasteiger charge is 2.16. The second kappa shape index (κ2) is 4.84. The second-order valence-corrected chi connectivity index (χ2v) is 3.99. The van der Waals surface area contributed by atoms with E-state index >= 15 is 0 Å². The molecule has 17 heavy (non-hydrogen) atoms. The van der Waals surface area contributed by atoms with Crippen molar-refractivity contribution in [2.24, 2.45) is 0 Å². The van der Waals surface area contributed by atoms with Crippen LogP contribution in [0.15, 0.2) is 29.8 Å². The molecule has 0 N–H and O–H groups in total. The summed E-state index contributed by atoms with van der Waals surface area (Å²) in [5.41, 5.74) is 3.40. The highest BCUT2D eigenvalue weighted by atomic mass is 16.5. The van der Waals surface area contributed by atoms with Crippen molar-refractivity contribution in [2.75, 3.05) is 7.11 Å². The van der Waals surface area contributed by atoms with Crippen molar-refractivity contribution in [1.29, 1.82) is 5.26 Å². The Morgan fingerprint density at radius 3 is 2.94 bits per heavy atom. The standard InChI is InChI=1S/C14H13NO2/c1-17-14(16)11-5-2-4-10(8-11)13-7-3-6-12(13)9-15/h2,4-5,8H,3,6-7H2,1H3. The molecule has 0 saturated carbocycles. The normalized spacial score (nSPS) is 14.6. The summed E-state index contributed by atoms with van der Waals surface area (Å²) in [4.78, 5) is 11.4. The van der Waals surface area contributed by atoms with Crippen LogP contribution in [0.2, 0.25) is 0 Å². The average Bonchev–Trinajstić information content (AvgIpc) is 2.86. The van der Waals surface area contributed by atoms with E-state index in [-0.39, 0.29) is 5.97 Å². The molecule has 0 amide bonds. The van der Waals surface area contributed by atoms with Crippen LogP contribution in [0, 0.1) is 11.3 Å². The fraction of sp³-hybridized carbons (Fsp3) is 0.286. The highest BCUT2D eigenvalue weighted by Crippen LogP contribution is 2.33. The van der Waals surface area contributed by atoms with E-state index in [1.165, 1.54) is 7.11 Å². The van der Waals surface area contributed by atoms with Crippen LogP contribution in [0.25, 0.3) is 5.57 Å². The Morgan fingerprint density at radius 1 is 1.41 bits per heavy atom. The average molecular weight is 227 g/mol. The number of ether oxygens (including phenoxy) is 1. The third-order valence-electron chi connectivity index (χ3n) is 2.98. The van der Waals surface area contributed by atoms with E-state index in [9.17, 15) is 4.79 Å².